The minimum atomic E-state index is -0.509. The van der Waals surface area contributed by atoms with Gasteiger partial charge in [-0.1, -0.05) is 6.92 Å². The van der Waals surface area contributed by atoms with E-state index in [1.165, 1.54) is 0 Å². The van der Waals surface area contributed by atoms with Gasteiger partial charge < -0.3 is 9.47 Å². The highest BCUT2D eigenvalue weighted by atomic mass is 16.5. The number of benzene rings is 1. The molecule has 1 aromatic rings. The van der Waals surface area contributed by atoms with Crippen molar-refractivity contribution in [1.29, 1.82) is 0 Å². The second kappa shape index (κ2) is 4.44. The zero-order chi connectivity index (χ0) is 13.3. The Hall–Kier alpha value is -1.84. The molecule has 0 amide bonds. The Labute approximate surface area is 106 Å². The molecule has 0 radical (unpaired) electrons. The number of cyclic esters (lactones) is 1. The van der Waals surface area contributed by atoms with E-state index in [2.05, 4.69) is 0 Å². The lowest BCUT2D eigenvalue weighted by molar-refractivity contribution is -0.144. The van der Waals surface area contributed by atoms with E-state index in [1.807, 2.05) is 20.8 Å². The third kappa shape index (κ3) is 2.23. The minimum absolute atomic E-state index is 0.247. The number of esters is 2. The second-order valence-corrected chi connectivity index (χ2v) is 5.02. The first kappa shape index (κ1) is 12.6. The summed E-state index contributed by atoms with van der Waals surface area (Å²) in [5.74, 6) is -0.134. The van der Waals surface area contributed by atoms with Crippen molar-refractivity contribution in [2.24, 2.45) is 5.41 Å². The molecule has 0 unspecified atom stereocenters. The summed E-state index contributed by atoms with van der Waals surface area (Å²) < 4.78 is 10.2. The molecule has 4 heteroatoms. The molecule has 18 heavy (non-hydrogen) atoms. The Morgan fingerprint density at radius 3 is 2.83 bits per heavy atom. The first-order chi connectivity index (χ1) is 8.44. The van der Waals surface area contributed by atoms with E-state index in [1.54, 1.807) is 18.2 Å². The zero-order valence-electron chi connectivity index (χ0n) is 10.8. The average molecular weight is 248 g/mol. The fourth-order valence-electron chi connectivity index (χ4n) is 1.56. The van der Waals surface area contributed by atoms with Crippen molar-refractivity contribution in [3.63, 3.8) is 0 Å². The van der Waals surface area contributed by atoms with Gasteiger partial charge in [-0.25, -0.2) is 4.79 Å². The molecule has 1 aromatic carbocycles. The molecule has 0 saturated heterocycles. The van der Waals surface area contributed by atoms with Gasteiger partial charge in [-0.3, -0.25) is 4.79 Å². The number of carbonyl (C=O) groups excluding carboxylic acids is 2. The first-order valence-corrected chi connectivity index (χ1v) is 5.96. The van der Waals surface area contributed by atoms with Gasteiger partial charge in [-0.2, -0.15) is 0 Å². The van der Waals surface area contributed by atoms with Gasteiger partial charge in [0.15, 0.2) is 0 Å². The zero-order valence-corrected chi connectivity index (χ0v) is 10.8. The number of ether oxygens (including phenoxy) is 2. The van der Waals surface area contributed by atoms with Crippen LogP contribution in [0.25, 0.3) is 0 Å². The van der Waals surface area contributed by atoms with Gasteiger partial charge in [0.2, 0.25) is 0 Å². The normalized spacial score (nSPS) is 14.1. The molecule has 1 heterocycles. The van der Waals surface area contributed by atoms with Crippen LogP contribution in [0.3, 0.4) is 0 Å². The molecule has 96 valence electrons. The predicted molar refractivity (Wildman–Crippen MR) is 65.3 cm³/mol. The molecule has 0 aromatic heterocycles. The molecular formula is C14H16O4. The Bertz CT molecular complexity index is 503. The van der Waals surface area contributed by atoms with Crippen molar-refractivity contribution in [1.82, 2.24) is 0 Å². The van der Waals surface area contributed by atoms with Crippen LogP contribution in [-0.4, -0.2) is 11.9 Å². The van der Waals surface area contributed by atoms with Crippen LogP contribution in [0, 0.1) is 5.41 Å². The van der Waals surface area contributed by atoms with Crippen molar-refractivity contribution in [2.45, 2.75) is 33.8 Å². The van der Waals surface area contributed by atoms with Crippen LogP contribution >= 0.6 is 0 Å². The summed E-state index contributed by atoms with van der Waals surface area (Å²) in [6.45, 7) is 5.87. The summed E-state index contributed by atoms with van der Waals surface area (Å²) in [6, 6.07) is 4.94. The van der Waals surface area contributed by atoms with Gasteiger partial charge in [-0.15, -0.1) is 0 Å². The lowest BCUT2D eigenvalue weighted by Crippen LogP contribution is -2.28. The van der Waals surface area contributed by atoms with Gasteiger partial charge in [0.05, 0.1) is 11.0 Å². The molecule has 1 aliphatic rings. The van der Waals surface area contributed by atoms with Crippen molar-refractivity contribution < 1.29 is 19.1 Å². The fraction of sp³-hybridized carbons (Fsp3) is 0.429. The van der Waals surface area contributed by atoms with Gasteiger partial charge in [0.1, 0.15) is 12.4 Å². The van der Waals surface area contributed by atoms with Crippen LogP contribution in [0.5, 0.6) is 5.75 Å². The van der Waals surface area contributed by atoms with E-state index in [4.69, 9.17) is 9.47 Å². The third-order valence-corrected chi connectivity index (χ3v) is 3.30. The van der Waals surface area contributed by atoms with Crippen LogP contribution in [0.1, 0.15) is 43.1 Å². The van der Waals surface area contributed by atoms with Crippen LogP contribution in [0.15, 0.2) is 18.2 Å². The molecule has 0 atom stereocenters. The highest BCUT2D eigenvalue weighted by Crippen LogP contribution is 2.27. The van der Waals surface area contributed by atoms with E-state index in [-0.39, 0.29) is 18.5 Å². The number of hydrogen-bond acceptors (Lipinski definition) is 4. The maximum Gasteiger partial charge on any atom is 0.338 e. The van der Waals surface area contributed by atoms with Gasteiger partial charge >= 0.3 is 11.9 Å². The van der Waals surface area contributed by atoms with E-state index < -0.39 is 5.41 Å². The maximum atomic E-state index is 11.9. The predicted octanol–water partition coefficient (Wildman–Crippen LogP) is 2.70. The molecule has 0 spiro atoms. The van der Waals surface area contributed by atoms with Crippen LogP contribution in [0.4, 0.5) is 0 Å². The van der Waals surface area contributed by atoms with E-state index in [0.717, 1.165) is 5.56 Å². The third-order valence-electron chi connectivity index (χ3n) is 3.30. The van der Waals surface area contributed by atoms with Crippen molar-refractivity contribution >= 4 is 11.9 Å². The lowest BCUT2D eigenvalue weighted by Gasteiger charge is -2.20. The Morgan fingerprint density at radius 2 is 2.17 bits per heavy atom. The molecule has 0 saturated carbocycles. The standard InChI is InChI=1S/C14H16O4/c1-4-14(2,3)13(16)18-10-5-6-11-9(7-10)8-17-12(11)15/h5-7H,4,8H2,1-3H3. The molecule has 0 aliphatic carbocycles. The summed E-state index contributed by atoms with van der Waals surface area (Å²) in [4.78, 5) is 23.2. The molecule has 1 aliphatic heterocycles. The van der Waals surface area contributed by atoms with Gasteiger partial charge in [0, 0.05) is 5.56 Å². The summed E-state index contributed by atoms with van der Waals surface area (Å²) >= 11 is 0. The minimum Gasteiger partial charge on any atom is -0.457 e. The molecule has 0 N–H and O–H groups in total. The molecule has 2 rings (SSSR count). The summed E-state index contributed by atoms with van der Waals surface area (Å²) in [6.07, 6.45) is 0.707. The van der Waals surface area contributed by atoms with Crippen molar-refractivity contribution in [3.8, 4) is 5.75 Å². The quantitative estimate of drug-likeness (QED) is 0.609. The largest absolute Gasteiger partial charge is 0.457 e. The van der Waals surface area contributed by atoms with Crippen molar-refractivity contribution in [2.75, 3.05) is 0 Å². The molecular weight excluding hydrogens is 232 g/mol. The van der Waals surface area contributed by atoms with Gasteiger partial charge in [-0.05, 0) is 38.5 Å². The van der Waals surface area contributed by atoms with Crippen LogP contribution in [0.2, 0.25) is 0 Å². The fourth-order valence-corrected chi connectivity index (χ4v) is 1.56. The monoisotopic (exact) mass is 248 g/mol. The highest BCUT2D eigenvalue weighted by molar-refractivity contribution is 5.93. The Morgan fingerprint density at radius 1 is 1.44 bits per heavy atom. The molecule has 0 bridgehead atoms. The molecule has 4 nitrogen and oxygen atoms in total. The average Bonchev–Trinajstić information content (AvgIpc) is 2.70. The summed E-state index contributed by atoms with van der Waals surface area (Å²) in [5, 5.41) is 0. The molecule has 0 fully saturated rings. The summed E-state index contributed by atoms with van der Waals surface area (Å²) in [5.41, 5.74) is 0.801. The Kier molecular flexibility index (Phi) is 3.11. The highest BCUT2D eigenvalue weighted by Gasteiger charge is 2.28. The smallest absolute Gasteiger partial charge is 0.338 e. The second-order valence-electron chi connectivity index (χ2n) is 5.02. The topological polar surface area (TPSA) is 52.6 Å². The number of carbonyl (C=O) groups is 2. The van der Waals surface area contributed by atoms with E-state index >= 15 is 0 Å². The summed E-state index contributed by atoms with van der Waals surface area (Å²) in [7, 11) is 0. The van der Waals surface area contributed by atoms with E-state index in [9.17, 15) is 9.59 Å². The van der Waals surface area contributed by atoms with Crippen molar-refractivity contribution in [3.05, 3.63) is 29.3 Å². The Balaban J connectivity index is 2.17. The number of rotatable bonds is 3. The SMILES string of the molecule is CCC(C)(C)C(=O)Oc1ccc2c(c1)COC2=O. The number of fused-ring (bicyclic) bond motifs is 1. The van der Waals surface area contributed by atoms with Gasteiger partial charge in [0.25, 0.3) is 0 Å². The lowest BCUT2D eigenvalue weighted by atomic mass is 9.91. The van der Waals surface area contributed by atoms with Crippen LogP contribution in [-0.2, 0) is 16.1 Å². The first-order valence-electron chi connectivity index (χ1n) is 5.96. The van der Waals surface area contributed by atoms with Crippen LogP contribution < -0.4 is 4.74 Å². The number of hydrogen-bond donors (Lipinski definition) is 0. The van der Waals surface area contributed by atoms with E-state index in [0.29, 0.717) is 17.7 Å². The maximum absolute atomic E-state index is 11.9.